The zero-order valence-corrected chi connectivity index (χ0v) is 15.6. The zero-order chi connectivity index (χ0) is 18.5. The highest BCUT2D eigenvalue weighted by molar-refractivity contribution is 6.42. The van der Waals surface area contributed by atoms with Crippen molar-refractivity contribution in [1.29, 1.82) is 0 Å². The highest BCUT2D eigenvalue weighted by Gasteiger charge is 2.12. The fourth-order valence-corrected chi connectivity index (χ4v) is 2.78. The van der Waals surface area contributed by atoms with Gasteiger partial charge < -0.3 is 10.6 Å². The van der Waals surface area contributed by atoms with E-state index in [9.17, 15) is 4.79 Å². The van der Waals surface area contributed by atoms with Crippen LogP contribution in [0.1, 0.15) is 28.9 Å². The van der Waals surface area contributed by atoms with Crippen LogP contribution < -0.4 is 10.6 Å². The summed E-state index contributed by atoms with van der Waals surface area (Å²) in [6.45, 7) is 1.94. The summed E-state index contributed by atoms with van der Waals surface area (Å²) in [6.07, 6.45) is 3.17. The van der Waals surface area contributed by atoms with Gasteiger partial charge in [-0.2, -0.15) is 0 Å². The Bertz CT molecular complexity index is 916. The molecule has 0 radical (unpaired) electrons. The molecule has 0 aliphatic rings. The number of hydrogen-bond donors (Lipinski definition) is 2. The van der Waals surface area contributed by atoms with E-state index in [0.717, 1.165) is 11.3 Å². The van der Waals surface area contributed by atoms with Gasteiger partial charge in [0, 0.05) is 11.9 Å². The molecule has 2 aromatic carbocycles. The van der Waals surface area contributed by atoms with Crippen LogP contribution in [0.25, 0.3) is 0 Å². The van der Waals surface area contributed by atoms with Gasteiger partial charge in [-0.15, -0.1) is 0 Å². The van der Waals surface area contributed by atoms with Crippen molar-refractivity contribution in [2.75, 3.05) is 5.32 Å². The first-order chi connectivity index (χ1) is 12.5. The molecule has 1 heterocycles. The molecule has 0 spiro atoms. The molecule has 0 bridgehead atoms. The second-order valence-electron chi connectivity index (χ2n) is 5.82. The molecule has 1 amide bonds. The van der Waals surface area contributed by atoms with Gasteiger partial charge in [-0.1, -0.05) is 53.5 Å². The van der Waals surface area contributed by atoms with E-state index in [1.54, 1.807) is 30.5 Å². The minimum Gasteiger partial charge on any atom is -0.354 e. The van der Waals surface area contributed by atoms with Crippen molar-refractivity contribution < 1.29 is 4.79 Å². The molecule has 0 saturated carbocycles. The lowest BCUT2D eigenvalue weighted by molar-refractivity contribution is 0.0939. The van der Waals surface area contributed by atoms with E-state index < -0.39 is 0 Å². The number of nitrogens with one attached hydrogen (secondary N) is 2. The number of halogens is 2. The van der Waals surface area contributed by atoms with Gasteiger partial charge in [0.05, 0.1) is 33.5 Å². The maximum absolute atomic E-state index is 12.5. The molecule has 132 valence electrons. The van der Waals surface area contributed by atoms with Gasteiger partial charge in [0.2, 0.25) is 0 Å². The number of pyridine rings is 1. The lowest BCUT2D eigenvalue weighted by Crippen LogP contribution is -2.26. The number of rotatable bonds is 5. The van der Waals surface area contributed by atoms with Crippen LogP contribution in [0.4, 0.5) is 11.4 Å². The quantitative estimate of drug-likeness (QED) is 0.598. The highest BCUT2D eigenvalue weighted by atomic mass is 35.5. The van der Waals surface area contributed by atoms with Crippen LogP contribution in [0, 0.1) is 0 Å². The van der Waals surface area contributed by atoms with Crippen LogP contribution in [-0.4, -0.2) is 10.9 Å². The van der Waals surface area contributed by atoms with Crippen molar-refractivity contribution in [3.8, 4) is 0 Å². The summed E-state index contributed by atoms with van der Waals surface area (Å²) in [7, 11) is 0. The molecule has 6 heteroatoms. The van der Waals surface area contributed by atoms with Crippen LogP contribution in [0.2, 0.25) is 10.0 Å². The molecule has 1 unspecified atom stereocenters. The number of nitrogens with zero attached hydrogens (tertiary/aromatic N) is 1. The molecular weight excluding hydrogens is 369 g/mol. The van der Waals surface area contributed by atoms with E-state index in [2.05, 4.69) is 15.6 Å². The number of benzene rings is 2. The summed E-state index contributed by atoms with van der Waals surface area (Å²) in [5.41, 5.74) is 2.96. The summed E-state index contributed by atoms with van der Waals surface area (Å²) in [6, 6.07) is 16.7. The molecule has 0 fully saturated rings. The molecule has 2 N–H and O–H groups in total. The number of amides is 1. The SMILES string of the molecule is CC(NC(=O)c1cncc(Nc2ccc(Cl)c(Cl)c2)c1)c1ccccc1. The highest BCUT2D eigenvalue weighted by Crippen LogP contribution is 2.27. The second kappa shape index (κ2) is 8.21. The molecule has 3 aromatic rings. The van der Waals surface area contributed by atoms with Crippen molar-refractivity contribution in [3.05, 3.63) is 88.2 Å². The van der Waals surface area contributed by atoms with Gasteiger partial charge in [0.1, 0.15) is 0 Å². The molecule has 1 atom stereocenters. The molecule has 0 saturated heterocycles. The second-order valence-corrected chi connectivity index (χ2v) is 6.64. The first-order valence-corrected chi connectivity index (χ1v) is 8.81. The van der Waals surface area contributed by atoms with Crippen LogP contribution >= 0.6 is 23.2 Å². The van der Waals surface area contributed by atoms with Crippen LogP contribution in [0.15, 0.2) is 67.0 Å². The third kappa shape index (κ3) is 4.54. The fraction of sp³-hybridized carbons (Fsp3) is 0.100. The van der Waals surface area contributed by atoms with E-state index in [0.29, 0.717) is 21.3 Å². The van der Waals surface area contributed by atoms with Crippen molar-refractivity contribution in [2.24, 2.45) is 0 Å². The smallest absolute Gasteiger partial charge is 0.253 e. The Labute approximate surface area is 162 Å². The summed E-state index contributed by atoms with van der Waals surface area (Å²) in [4.78, 5) is 16.7. The zero-order valence-electron chi connectivity index (χ0n) is 14.0. The number of hydrogen-bond acceptors (Lipinski definition) is 3. The Morgan fingerprint density at radius 1 is 0.962 bits per heavy atom. The van der Waals surface area contributed by atoms with Gasteiger partial charge in [0.25, 0.3) is 5.91 Å². The normalized spacial score (nSPS) is 11.7. The van der Waals surface area contributed by atoms with E-state index in [1.807, 2.05) is 37.3 Å². The van der Waals surface area contributed by atoms with Gasteiger partial charge in [-0.25, -0.2) is 0 Å². The molecule has 1 aromatic heterocycles. The van der Waals surface area contributed by atoms with Gasteiger partial charge in [-0.05, 0) is 36.8 Å². The van der Waals surface area contributed by atoms with E-state index >= 15 is 0 Å². The Balaban J connectivity index is 1.72. The number of carbonyl (C=O) groups is 1. The topological polar surface area (TPSA) is 54.0 Å². The largest absolute Gasteiger partial charge is 0.354 e. The monoisotopic (exact) mass is 385 g/mol. The third-order valence-electron chi connectivity index (χ3n) is 3.86. The van der Waals surface area contributed by atoms with Crippen LogP contribution in [0.5, 0.6) is 0 Å². The number of anilines is 2. The molecule has 26 heavy (non-hydrogen) atoms. The molecule has 0 aliphatic heterocycles. The summed E-state index contributed by atoms with van der Waals surface area (Å²) >= 11 is 11.9. The number of aromatic nitrogens is 1. The minimum atomic E-state index is -0.188. The first kappa shape index (κ1) is 18.2. The third-order valence-corrected chi connectivity index (χ3v) is 4.59. The maximum Gasteiger partial charge on any atom is 0.253 e. The fourth-order valence-electron chi connectivity index (χ4n) is 2.48. The van der Waals surface area contributed by atoms with Gasteiger partial charge in [0.15, 0.2) is 0 Å². The Hall–Kier alpha value is -2.56. The Morgan fingerprint density at radius 2 is 1.73 bits per heavy atom. The Kier molecular flexibility index (Phi) is 5.76. The molecule has 4 nitrogen and oxygen atoms in total. The average molecular weight is 386 g/mol. The Morgan fingerprint density at radius 3 is 2.46 bits per heavy atom. The predicted molar refractivity (Wildman–Crippen MR) is 106 cm³/mol. The van der Waals surface area contributed by atoms with E-state index in [1.165, 1.54) is 6.20 Å². The van der Waals surface area contributed by atoms with Gasteiger partial charge in [-0.3, -0.25) is 9.78 Å². The first-order valence-electron chi connectivity index (χ1n) is 8.06. The predicted octanol–water partition coefficient (Wildman–Crippen LogP) is 5.62. The lowest BCUT2D eigenvalue weighted by atomic mass is 10.1. The molecule has 3 rings (SSSR count). The summed E-state index contributed by atoms with van der Waals surface area (Å²) in [5.74, 6) is -0.188. The van der Waals surface area contributed by atoms with Crippen molar-refractivity contribution in [2.45, 2.75) is 13.0 Å². The number of carbonyl (C=O) groups excluding carboxylic acids is 1. The van der Waals surface area contributed by atoms with Crippen LogP contribution in [-0.2, 0) is 0 Å². The van der Waals surface area contributed by atoms with E-state index in [4.69, 9.17) is 23.2 Å². The van der Waals surface area contributed by atoms with Gasteiger partial charge >= 0.3 is 0 Å². The van der Waals surface area contributed by atoms with Crippen molar-refractivity contribution >= 4 is 40.5 Å². The molecular formula is C20H17Cl2N3O. The average Bonchev–Trinajstić information content (AvgIpc) is 2.65. The minimum absolute atomic E-state index is 0.101. The van der Waals surface area contributed by atoms with E-state index in [-0.39, 0.29) is 11.9 Å². The maximum atomic E-state index is 12.5. The lowest BCUT2D eigenvalue weighted by Gasteiger charge is -2.15. The summed E-state index contributed by atoms with van der Waals surface area (Å²) in [5, 5.41) is 7.08. The van der Waals surface area contributed by atoms with Crippen molar-refractivity contribution in [1.82, 2.24) is 10.3 Å². The standard InChI is InChI=1S/C20H17Cl2N3O/c1-13(14-5-3-2-4-6-14)24-20(26)15-9-17(12-23-11-15)25-16-7-8-18(21)19(22)10-16/h2-13,25H,1H3,(H,24,26). The molecule has 0 aliphatic carbocycles. The van der Waals surface area contributed by atoms with Crippen molar-refractivity contribution in [3.63, 3.8) is 0 Å². The van der Waals surface area contributed by atoms with Crippen LogP contribution in [0.3, 0.4) is 0 Å². The summed E-state index contributed by atoms with van der Waals surface area (Å²) < 4.78 is 0.